The zero-order valence-electron chi connectivity index (χ0n) is 8.53. The Morgan fingerprint density at radius 1 is 1.57 bits per heavy atom. The van der Waals surface area contributed by atoms with Crippen molar-refractivity contribution < 1.29 is 4.79 Å². The van der Waals surface area contributed by atoms with Crippen LogP contribution in [0.2, 0.25) is 0 Å². The first-order valence-electron chi connectivity index (χ1n) is 4.59. The molecule has 0 aromatic carbocycles. The fraction of sp³-hybridized carbons (Fsp3) is 0.400. The van der Waals surface area contributed by atoms with Gasteiger partial charge in [-0.05, 0) is 19.1 Å². The van der Waals surface area contributed by atoms with Crippen molar-refractivity contribution in [3.8, 4) is 0 Å². The molecule has 0 aliphatic carbocycles. The van der Waals surface area contributed by atoms with Crippen LogP contribution in [0.3, 0.4) is 0 Å². The third-order valence-electron chi connectivity index (χ3n) is 2.10. The second-order valence-electron chi connectivity index (χ2n) is 3.06. The van der Waals surface area contributed by atoms with Crippen LogP contribution < -0.4 is 5.73 Å². The number of nitrogens with zero attached hydrogens (tertiary/aromatic N) is 2. The second kappa shape index (κ2) is 4.72. The number of rotatable bonds is 3. The monoisotopic (exact) mass is 193 g/mol. The van der Waals surface area contributed by atoms with Crippen molar-refractivity contribution in [3.63, 3.8) is 0 Å². The fourth-order valence-corrected chi connectivity index (χ4v) is 1.04. The van der Waals surface area contributed by atoms with Gasteiger partial charge < -0.3 is 10.6 Å². The standard InChI is InChI=1S/C10H15N3O/c1-3-13(2)10(14)8-4-5-9(6-11)12-7-8/h4-5,7H,3,6,11H2,1-2H3. The largest absolute Gasteiger partial charge is 0.342 e. The SMILES string of the molecule is CCN(C)C(=O)c1ccc(CN)nc1. The maximum Gasteiger partial charge on any atom is 0.255 e. The minimum absolute atomic E-state index is 0.0106. The summed E-state index contributed by atoms with van der Waals surface area (Å²) < 4.78 is 0. The zero-order valence-corrected chi connectivity index (χ0v) is 8.53. The van der Waals surface area contributed by atoms with Crippen LogP contribution in [0.5, 0.6) is 0 Å². The third-order valence-corrected chi connectivity index (χ3v) is 2.10. The van der Waals surface area contributed by atoms with Crippen molar-refractivity contribution in [2.24, 2.45) is 5.73 Å². The molecule has 0 radical (unpaired) electrons. The van der Waals surface area contributed by atoms with Gasteiger partial charge in [0.05, 0.1) is 11.3 Å². The van der Waals surface area contributed by atoms with E-state index in [4.69, 9.17) is 5.73 Å². The first kappa shape index (κ1) is 10.7. The molecule has 1 amide bonds. The Hall–Kier alpha value is -1.42. The van der Waals surface area contributed by atoms with Crippen LogP contribution in [0.4, 0.5) is 0 Å². The van der Waals surface area contributed by atoms with Gasteiger partial charge in [0, 0.05) is 26.3 Å². The van der Waals surface area contributed by atoms with Crippen LogP contribution >= 0.6 is 0 Å². The van der Waals surface area contributed by atoms with Gasteiger partial charge in [0.2, 0.25) is 0 Å². The lowest BCUT2D eigenvalue weighted by Crippen LogP contribution is -2.26. The highest BCUT2D eigenvalue weighted by molar-refractivity contribution is 5.93. The lowest BCUT2D eigenvalue weighted by Gasteiger charge is -2.13. The number of nitrogens with two attached hydrogens (primary N) is 1. The van der Waals surface area contributed by atoms with Gasteiger partial charge in [0.15, 0.2) is 0 Å². The molecule has 4 nitrogen and oxygen atoms in total. The number of carbonyl (C=O) groups excluding carboxylic acids is 1. The van der Waals surface area contributed by atoms with Crippen molar-refractivity contribution in [2.45, 2.75) is 13.5 Å². The maximum atomic E-state index is 11.6. The van der Waals surface area contributed by atoms with E-state index in [-0.39, 0.29) is 5.91 Å². The molecule has 4 heteroatoms. The van der Waals surface area contributed by atoms with Crippen LogP contribution in [-0.4, -0.2) is 29.4 Å². The van der Waals surface area contributed by atoms with Crippen LogP contribution in [0.25, 0.3) is 0 Å². The Bertz CT molecular complexity index is 308. The smallest absolute Gasteiger partial charge is 0.255 e. The number of amides is 1. The number of hydrogen-bond acceptors (Lipinski definition) is 3. The summed E-state index contributed by atoms with van der Waals surface area (Å²) >= 11 is 0. The van der Waals surface area contributed by atoms with Gasteiger partial charge in [-0.15, -0.1) is 0 Å². The Balaban J connectivity index is 2.81. The van der Waals surface area contributed by atoms with Crippen molar-refractivity contribution in [1.82, 2.24) is 9.88 Å². The van der Waals surface area contributed by atoms with E-state index in [1.807, 2.05) is 6.92 Å². The third kappa shape index (κ3) is 2.29. The summed E-state index contributed by atoms with van der Waals surface area (Å²) in [5.74, 6) is -0.0106. The Labute approximate surface area is 83.7 Å². The molecule has 0 aliphatic rings. The molecule has 1 aromatic rings. The van der Waals surface area contributed by atoms with E-state index in [2.05, 4.69) is 4.98 Å². The normalized spacial score (nSPS) is 9.93. The summed E-state index contributed by atoms with van der Waals surface area (Å²) in [5.41, 5.74) is 6.80. The maximum absolute atomic E-state index is 11.6. The second-order valence-corrected chi connectivity index (χ2v) is 3.06. The fourth-order valence-electron chi connectivity index (χ4n) is 1.04. The van der Waals surface area contributed by atoms with Crippen molar-refractivity contribution in [1.29, 1.82) is 0 Å². The van der Waals surface area contributed by atoms with Gasteiger partial charge in [-0.25, -0.2) is 0 Å². The minimum atomic E-state index is -0.0106. The molecule has 0 atom stereocenters. The van der Waals surface area contributed by atoms with E-state index in [0.29, 0.717) is 18.7 Å². The van der Waals surface area contributed by atoms with Crippen LogP contribution in [0, 0.1) is 0 Å². The van der Waals surface area contributed by atoms with Gasteiger partial charge in [-0.2, -0.15) is 0 Å². The quantitative estimate of drug-likeness (QED) is 0.766. The Morgan fingerprint density at radius 3 is 2.71 bits per heavy atom. The van der Waals surface area contributed by atoms with E-state index in [9.17, 15) is 4.79 Å². The van der Waals surface area contributed by atoms with Crippen LogP contribution in [0.1, 0.15) is 23.0 Å². The summed E-state index contributed by atoms with van der Waals surface area (Å²) in [5, 5.41) is 0. The van der Waals surface area contributed by atoms with Crippen LogP contribution in [-0.2, 0) is 6.54 Å². The minimum Gasteiger partial charge on any atom is -0.342 e. The lowest BCUT2D eigenvalue weighted by atomic mass is 10.2. The topological polar surface area (TPSA) is 59.2 Å². The number of aromatic nitrogens is 1. The first-order chi connectivity index (χ1) is 6.69. The molecule has 1 aromatic heterocycles. The molecule has 0 bridgehead atoms. The van der Waals surface area contributed by atoms with E-state index in [1.165, 1.54) is 0 Å². The van der Waals surface area contributed by atoms with E-state index in [1.54, 1.807) is 30.3 Å². The molecule has 0 aliphatic heterocycles. The highest BCUT2D eigenvalue weighted by Crippen LogP contribution is 2.03. The van der Waals surface area contributed by atoms with Gasteiger partial charge in [0.25, 0.3) is 5.91 Å². The molecule has 0 saturated carbocycles. The molecule has 76 valence electrons. The molecule has 0 unspecified atom stereocenters. The van der Waals surface area contributed by atoms with Crippen LogP contribution in [0.15, 0.2) is 18.3 Å². The van der Waals surface area contributed by atoms with Crippen molar-refractivity contribution >= 4 is 5.91 Å². The summed E-state index contributed by atoms with van der Waals surface area (Å²) in [4.78, 5) is 17.3. The average Bonchev–Trinajstić information content (AvgIpc) is 2.27. The molecular formula is C10H15N3O. The number of hydrogen-bond donors (Lipinski definition) is 1. The number of pyridine rings is 1. The molecule has 0 spiro atoms. The highest BCUT2D eigenvalue weighted by atomic mass is 16.2. The first-order valence-corrected chi connectivity index (χ1v) is 4.59. The number of carbonyl (C=O) groups is 1. The summed E-state index contributed by atoms with van der Waals surface area (Å²) in [6.07, 6.45) is 1.57. The van der Waals surface area contributed by atoms with E-state index >= 15 is 0 Å². The Morgan fingerprint density at radius 2 is 2.29 bits per heavy atom. The van der Waals surface area contributed by atoms with Gasteiger partial charge >= 0.3 is 0 Å². The van der Waals surface area contributed by atoms with Gasteiger partial charge in [0.1, 0.15) is 0 Å². The molecular weight excluding hydrogens is 178 g/mol. The lowest BCUT2D eigenvalue weighted by molar-refractivity contribution is 0.0802. The van der Waals surface area contributed by atoms with E-state index in [0.717, 1.165) is 5.69 Å². The molecule has 0 saturated heterocycles. The molecule has 14 heavy (non-hydrogen) atoms. The molecule has 0 fully saturated rings. The summed E-state index contributed by atoms with van der Waals surface area (Å²) in [6, 6.07) is 3.53. The zero-order chi connectivity index (χ0) is 10.6. The van der Waals surface area contributed by atoms with Crippen molar-refractivity contribution in [2.75, 3.05) is 13.6 Å². The predicted octanol–water partition coefficient (Wildman–Crippen LogP) is 0.632. The van der Waals surface area contributed by atoms with E-state index < -0.39 is 0 Å². The molecule has 1 rings (SSSR count). The average molecular weight is 193 g/mol. The predicted molar refractivity (Wildman–Crippen MR) is 54.8 cm³/mol. The summed E-state index contributed by atoms with van der Waals surface area (Å²) in [7, 11) is 1.76. The van der Waals surface area contributed by atoms with Crippen molar-refractivity contribution in [3.05, 3.63) is 29.6 Å². The summed E-state index contributed by atoms with van der Waals surface area (Å²) in [6.45, 7) is 3.02. The molecule has 2 N–H and O–H groups in total. The Kier molecular flexibility index (Phi) is 3.59. The van der Waals surface area contributed by atoms with Gasteiger partial charge in [-0.1, -0.05) is 0 Å². The highest BCUT2D eigenvalue weighted by Gasteiger charge is 2.09. The van der Waals surface area contributed by atoms with Gasteiger partial charge in [-0.3, -0.25) is 9.78 Å². The molecule has 1 heterocycles.